The van der Waals surface area contributed by atoms with E-state index in [2.05, 4.69) is 27.7 Å². The summed E-state index contributed by atoms with van der Waals surface area (Å²) in [7, 11) is 1.68. The zero-order chi connectivity index (χ0) is 13.6. The lowest BCUT2D eigenvalue weighted by atomic mass is 9.62. The summed E-state index contributed by atoms with van der Waals surface area (Å²) in [6.07, 6.45) is 3.18. The van der Waals surface area contributed by atoms with Crippen molar-refractivity contribution >= 4 is 6.29 Å². The van der Waals surface area contributed by atoms with Crippen molar-refractivity contribution in [2.75, 3.05) is 7.11 Å². The lowest BCUT2D eigenvalue weighted by molar-refractivity contribution is 0.112. The van der Waals surface area contributed by atoms with Crippen LogP contribution in [-0.4, -0.2) is 13.4 Å². The molecule has 0 fully saturated rings. The molecule has 2 heteroatoms. The number of rotatable bonds is 2. The van der Waals surface area contributed by atoms with E-state index in [1.165, 1.54) is 11.1 Å². The maximum absolute atomic E-state index is 11.1. The van der Waals surface area contributed by atoms with Crippen molar-refractivity contribution < 1.29 is 9.53 Å². The minimum atomic E-state index is 0.108. The quantitative estimate of drug-likeness (QED) is 0.741. The van der Waals surface area contributed by atoms with Gasteiger partial charge in [-0.15, -0.1) is 0 Å². The predicted octanol–water partition coefficient (Wildman–Crippen LogP) is 3.86. The summed E-state index contributed by atoms with van der Waals surface area (Å²) in [6.45, 7) is 9.00. The molecule has 0 bridgehead atoms. The smallest absolute Gasteiger partial charge is 0.150 e. The Kier molecular flexibility index (Phi) is 3.00. The molecule has 98 valence electrons. The van der Waals surface area contributed by atoms with Crippen molar-refractivity contribution in [3.05, 3.63) is 28.8 Å². The van der Waals surface area contributed by atoms with E-state index in [4.69, 9.17) is 4.74 Å². The second-order valence-electron chi connectivity index (χ2n) is 6.53. The van der Waals surface area contributed by atoms with Crippen LogP contribution in [0.3, 0.4) is 0 Å². The third-order valence-corrected chi connectivity index (χ3v) is 4.26. The second-order valence-corrected chi connectivity index (χ2v) is 6.53. The molecule has 0 atom stereocenters. The van der Waals surface area contributed by atoms with Gasteiger partial charge in [0.1, 0.15) is 12.0 Å². The molecule has 0 saturated heterocycles. The molecule has 0 amide bonds. The SMILES string of the molecule is COc1cc(C=O)cc2c1C(C)(C)CCC2(C)C. The highest BCUT2D eigenvalue weighted by atomic mass is 16.5. The maximum Gasteiger partial charge on any atom is 0.150 e. The molecule has 1 aliphatic rings. The fourth-order valence-electron chi connectivity index (χ4n) is 2.98. The topological polar surface area (TPSA) is 26.3 Å². The van der Waals surface area contributed by atoms with E-state index in [0.29, 0.717) is 5.56 Å². The third-order valence-electron chi connectivity index (χ3n) is 4.26. The van der Waals surface area contributed by atoms with E-state index >= 15 is 0 Å². The first-order valence-corrected chi connectivity index (χ1v) is 6.50. The van der Waals surface area contributed by atoms with Crippen LogP contribution >= 0.6 is 0 Å². The molecule has 0 radical (unpaired) electrons. The fraction of sp³-hybridized carbons (Fsp3) is 0.562. The van der Waals surface area contributed by atoms with Gasteiger partial charge in [0.05, 0.1) is 7.11 Å². The first kappa shape index (κ1) is 13.1. The molecule has 18 heavy (non-hydrogen) atoms. The Balaban J connectivity index is 2.77. The number of carbonyl (C=O) groups is 1. The molecule has 0 unspecified atom stereocenters. The van der Waals surface area contributed by atoms with Gasteiger partial charge in [0.25, 0.3) is 0 Å². The van der Waals surface area contributed by atoms with Crippen LogP contribution in [0.1, 0.15) is 62.0 Å². The molecule has 0 N–H and O–H groups in total. The fourth-order valence-corrected chi connectivity index (χ4v) is 2.98. The van der Waals surface area contributed by atoms with Crippen molar-refractivity contribution in [3.8, 4) is 5.75 Å². The molecule has 2 rings (SSSR count). The van der Waals surface area contributed by atoms with Crippen molar-refractivity contribution in [3.63, 3.8) is 0 Å². The summed E-state index contributed by atoms with van der Waals surface area (Å²) in [5.41, 5.74) is 3.46. The van der Waals surface area contributed by atoms with Crippen molar-refractivity contribution in [1.82, 2.24) is 0 Å². The minimum Gasteiger partial charge on any atom is -0.496 e. The summed E-state index contributed by atoms with van der Waals surface area (Å²) < 4.78 is 5.53. The highest BCUT2D eigenvalue weighted by molar-refractivity contribution is 5.77. The zero-order valence-electron chi connectivity index (χ0n) is 12.0. The number of hydrogen-bond acceptors (Lipinski definition) is 2. The molecular weight excluding hydrogens is 224 g/mol. The average molecular weight is 246 g/mol. The Hall–Kier alpha value is -1.31. The van der Waals surface area contributed by atoms with Crippen LogP contribution < -0.4 is 4.74 Å². The molecule has 0 aromatic heterocycles. The number of fused-ring (bicyclic) bond motifs is 1. The van der Waals surface area contributed by atoms with Gasteiger partial charge in [-0.2, -0.15) is 0 Å². The van der Waals surface area contributed by atoms with Crippen LogP contribution in [0.15, 0.2) is 12.1 Å². The second kappa shape index (κ2) is 4.11. The first-order chi connectivity index (χ1) is 8.31. The third kappa shape index (κ3) is 1.94. The van der Waals surface area contributed by atoms with Gasteiger partial charge in [0.15, 0.2) is 0 Å². The number of methoxy groups -OCH3 is 1. The Morgan fingerprint density at radius 1 is 1.11 bits per heavy atom. The van der Waals surface area contributed by atoms with Gasteiger partial charge < -0.3 is 4.74 Å². The number of benzene rings is 1. The van der Waals surface area contributed by atoms with Crippen LogP contribution in [0.25, 0.3) is 0 Å². The summed E-state index contributed by atoms with van der Waals surface area (Å²) in [4.78, 5) is 11.1. The maximum atomic E-state index is 11.1. The molecule has 0 saturated carbocycles. The van der Waals surface area contributed by atoms with Crippen LogP contribution in [0, 0.1) is 0 Å². The number of hydrogen-bond donors (Lipinski definition) is 0. The highest BCUT2D eigenvalue weighted by Crippen LogP contribution is 2.49. The van der Waals surface area contributed by atoms with Crippen LogP contribution in [0.4, 0.5) is 0 Å². The van der Waals surface area contributed by atoms with Crippen molar-refractivity contribution in [2.24, 2.45) is 0 Å². The average Bonchev–Trinajstić information content (AvgIpc) is 2.33. The van der Waals surface area contributed by atoms with E-state index in [-0.39, 0.29) is 10.8 Å². The van der Waals surface area contributed by atoms with Crippen molar-refractivity contribution in [2.45, 2.75) is 51.4 Å². The summed E-state index contributed by atoms with van der Waals surface area (Å²) in [6, 6.07) is 3.89. The van der Waals surface area contributed by atoms with Crippen LogP contribution in [-0.2, 0) is 10.8 Å². The standard InChI is InChI=1S/C16H22O2/c1-15(2)6-7-16(3,4)14-12(15)8-11(10-17)9-13(14)18-5/h8-10H,6-7H2,1-5H3. The van der Waals surface area contributed by atoms with Gasteiger partial charge in [-0.25, -0.2) is 0 Å². The lowest BCUT2D eigenvalue weighted by Crippen LogP contribution is -2.34. The highest BCUT2D eigenvalue weighted by Gasteiger charge is 2.39. The van der Waals surface area contributed by atoms with E-state index in [1.807, 2.05) is 12.1 Å². The summed E-state index contributed by atoms with van der Waals surface area (Å²) in [5, 5.41) is 0. The Morgan fingerprint density at radius 3 is 2.28 bits per heavy atom. The van der Waals surface area contributed by atoms with Gasteiger partial charge in [0, 0.05) is 11.1 Å². The Morgan fingerprint density at radius 2 is 1.72 bits per heavy atom. The van der Waals surface area contributed by atoms with Gasteiger partial charge in [-0.3, -0.25) is 4.79 Å². The predicted molar refractivity (Wildman–Crippen MR) is 73.7 cm³/mol. The summed E-state index contributed by atoms with van der Waals surface area (Å²) >= 11 is 0. The molecule has 0 aliphatic heterocycles. The molecular formula is C16H22O2. The monoisotopic (exact) mass is 246 g/mol. The lowest BCUT2D eigenvalue weighted by Gasteiger charge is -2.42. The van der Waals surface area contributed by atoms with Gasteiger partial charge in [-0.05, 0) is 41.4 Å². The number of carbonyl (C=O) groups excluding carboxylic acids is 1. The number of ether oxygens (including phenoxy) is 1. The molecule has 0 spiro atoms. The van der Waals surface area contributed by atoms with E-state index in [9.17, 15) is 4.79 Å². The molecule has 1 aromatic carbocycles. The molecule has 1 aromatic rings. The van der Waals surface area contributed by atoms with Gasteiger partial charge >= 0.3 is 0 Å². The van der Waals surface area contributed by atoms with Crippen molar-refractivity contribution in [1.29, 1.82) is 0 Å². The Labute approximate surface area is 109 Å². The normalized spacial score (nSPS) is 20.1. The van der Waals surface area contributed by atoms with Gasteiger partial charge in [-0.1, -0.05) is 27.7 Å². The Bertz CT molecular complexity index is 484. The molecule has 2 nitrogen and oxygen atoms in total. The zero-order valence-corrected chi connectivity index (χ0v) is 12.0. The molecule has 0 heterocycles. The van der Waals surface area contributed by atoms with Crippen LogP contribution in [0.2, 0.25) is 0 Å². The minimum absolute atomic E-state index is 0.108. The van der Waals surface area contributed by atoms with Crippen LogP contribution in [0.5, 0.6) is 5.75 Å². The molecule has 1 aliphatic carbocycles. The largest absolute Gasteiger partial charge is 0.496 e. The summed E-state index contributed by atoms with van der Waals surface area (Å²) in [5.74, 6) is 0.854. The van der Waals surface area contributed by atoms with Gasteiger partial charge in [0.2, 0.25) is 0 Å². The van der Waals surface area contributed by atoms with E-state index < -0.39 is 0 Å². The first-order valence-electron chi connectivity index (χ1n) is 6.50. The van der Waals surface area contributed by atoms with E-state index in [1.54, 1.807) is 7.11 Å². The number of aldehydes is 1. The van der Waals surface area contributed by atoms with E-state index in [0.717, 1.165) is 24.9 Å².